The first kappa shape index (κ1) is 12.1. The number of hydrogen-bond acceptors (Lipinski definition) is 3. The van der Waals surface area contributed by atoms with Crippen LogP contribution in [0.2, 0.25) is 0 Å². The van der Waals surface area contributed by atoms with Crippen molar-refractivity contribution in [1.82, 2.24) is 4.98 Å². The number of benzene rings is 1. The van der Waals surface area contributed by atoms with Gasteiger partial charge in [-0.1, -0.05) is 6.07 Å². The molecule has 2 rings (SSSR count). The molecule has 0 radical (unpaired) electrons. The average Bonchev–Trinajstić information content (AvgIpc) is 2.34. The van der Waals surface area contributed by atoms with E-state index >= 15 is 0 Å². The summed E-state index contributed by atoms with van der Waals surface area (Å²) < 4.78 is 5.29. The van der Waals surface area contributed by atoms with E-state index in [1.165, 1.54) is 6.08 Å². The van der Waals surface area contributed by atoms with Gasteiger partial charge in [-0.15, -0.1) is 0 Å². The van der Waals surface area contributed by atoms with Crippen molar-refractivity contribution in [3.63, 3.8) is 0 Å². The van der Waals surface area contributed by atoms with Gasteiger partial charge >= 0.3 is 5.97 Å². The van der Waals surface area contributed by atoms with Crippen LogP contribution >= 0.6 is 0 Å². The first-order valence-corrected chi connectivity index (χ1v) is 5.46. The van der Waals surface area contributed by atoms with Gasteiger partial charge < -0.3 is 9.84 Å². The van der Waals surface area contributed by atoms with Crippen LogP contribution in [0.15, 0.2) is 30.3 Å². The summed E-state index contributed by atoms with van der Waals surface area (Å²) in [6.45, 7) is 1.89. The highest BCUT2D eigenvalue weighted by Crippen LogP contribution is 2.26. The molecule has 0 aliphatic rings. The van der Waals surface area contributed by atoms with Crippen molar-refractivity contribution in [3.8, 4) is 5.75 Å². The van der Waals surface area contributed by atoms with Gasteiger partial charge in [0.25, 0.3) is 0 Å². The number of carboxylic acid groups (broad SMARTS) is 1. The van der Waals surface area contributed by atoms with Gasteiger partial charge in [0.05, 0.1) is 12.6 Å². The van der Waals surface area contributed by atoms with Gasteiger partial charge in [0.15, 0.2) is 0 Å². The Kier molecular flexibility index (Phi) is 3.28. The van der Waals surface area contributed by atoms with E-state index in [4.69, 9.17) is 9.84 Å². The Bertz CT molecular complexity index is 632. The zero-order valence-electron chi connectivity index (χ0n) is 10.2. The van der Waals surface area contributed by atoms with Crippen LogP contribution < -0.4 is 4.74 Å². The average molecular weight is 243 g/mol. The van der Waals surface area contributed by atoms with Crippen LogP contribution in [-0.2, 0) is 4.79 Å². The fourth-order valence-electron chi connectivity index (χ4n) is 1.78. The summed E-state index contributed by atoms with van der Waals surface area (Å²) in [6, 6.07) is 7.42. The molecule has 1 aromatic carbocycles. The zero-order valence-corrected chi connectivity index (χ0v) is 10.2. The van der Waals surface area contributed by atoms with Crippen molar-refractivity contribution in [2.75, 3.05) is 7.11 Å². The maximum absolute atomic E-state index is 10.5. The summed E-state index contributed by atoms with van der Waals surface area (Å²) in [6.07, 6.45) is 2.65. The Labute approximate surface area is 105 Å². The van der Waals surface area contributed by atoms with E-state index < -0.39 is 5.97 Å². The first-order chi connectivity index (χ1) is 8.60. The predicted molar refractivity (Wildman–Crippen MR) is 69.7 cm³/mol. The lowest BCUT2D eigenvalue weighted by Crippen LogP contribution is -1.91. The summed E-state index contributed by atoms with van der Waals surface area (Å²) in [7, 11) is 1.62. The lowest BCUT2D eigenvalue weighted by Gasteiger charge is -2.07. The fraction of sp³-hybridized carbons (Fsp3) is 0.143. The highest BCUT2D eigenvalue weighted by molar-refractivity contribution is 5.89. The van der Waals surface area contributed by atoms with Gasteiger partial charge in [0.1, 0.15) is 5.75 Å². The summed E-state index contributed by atoms with van der Waals surface area (Å²) in [5.74, 6) is -0.198. The first-order valence-electron chi connectivity index (χ1n) is 5.46. The molecule has 18 heavy (non-hydrogen) atoms. The molecule has 0 spiro atoms. The number of aliphatic carboxylic acids is 1. The molecule has 2 aromatic rings. The van der Waals surface area contributed by atoms with E-state index in [0.717, 1.165) is 34.0 Å². The van der Waals surface area contributed by atoms with Crippen LogP contribution in [0, 0.1) is 6.92 Å². The molecule has 0 fully saturated rings. The number of nitrogens with zero attached hydrogens (tertiary/aromatic N) is 1. The minimum Gasteiger partial charge on any atom is -0.496 e. The van der Waals surface area contributed by atoms with Crippen LogP contribution in [0.1, 0.15) is 11.3 Å². The molecule has 0 amide bonds. The number of fused-ring (bicyclic) bond motifs is 1. The predicted octanol–water partition coefficient (Wildman–Crippen LogP) is 2.65. The molecule has 1 aromatic heterocycles. The highest BCUT2D eigenvalue weighted by atomic mass is 16.5. The molecule has 0 bridgehead atoms. The Morgan fingerprint density at radius 3 is 2.83 bits per heavy atom. The Hall–Kier alpha value is -2.36. The van der Waals surface area contributed by atoms with Crippen molar-refractivity contribution in [2.45, 2.75) is 6.92 Å². The van der Waals surface area contributed by atoms with Crippen LogP contribution in [0.5, 0.6) is 5.75 Å². The second kappa shape index (κ2) is 4.87. The summed E-state index contributed by atoms with van der Waals surface area (Å²) in [5.41, 5.74) is 2.45. The quantitative estimate of drug-likeness (QED) is 0.842. The van der Waals surface area contributed by atoms with Crippen LogP contribution in [0.4, 0.5) is 0 Å². The maximum Gasteiger partial charge on any atom is 0.328 e. The van der Waals surface area contributed by atoms with Gasteiger partial charge in [-0.3, -0.25) is 4.98 Å². The van der Waals surface area contributed by atoms with Gasteiger partial charge in [-0.2, -0.15) is 0 Å². The van der Waals surface area contributed by atoms with E-state index in [1.807, 2.05) is 31.2 Å². The molecular weight excluding hydrogens is 230 g/mol. The summed E-state index contributed by atoms with van der Waals surface area (Å²) in [5, 5.41) is 9.50. The van der Waals surface area contributed by atoms with Gasteiger partial charge in [-0.05, 0) is 30.7 Å². The number of methoxy groups -OCH3 is 1. The number of pyridine rings is 1. The molecule has 4 heteroatoms. The van der Waals surface area contributed by atoms with E-state index in [1.54, 1.807) is 7.11 Å². The SMILES string of the molecule is COc1cc(C)nc2cc(/C=C/C(=O)O)ccc12. The number of carboxylic acids is 1. The minimum absolute atomic E-state index is 0.770. The number of hydrogen-bond donors (Lipinski definition) is 1. The summed E-state index contributed by atoms with van der Waals surface area (Å²) in [4.78, 5) is 14.9. The Morgan fingerprint density at radius 2 is 2.17 bits per heavy atom. The third-order valence-corrected chi connectivity index (χ3v) is 2.56. The second-order valence-corrected chi connectivity index (χ2v) is 3.91. The van der Waals surface area contributed by atoms with E-state index in [-0.39, 0.29) is 0 Å². The van der Waals surface area contributed by atoms with Gasteiger partial charge in [-0.25, -0.2) is 4.79 Å². The van der Waals surface area contributed by atoms with Crippen molar-refractivity contribution in [1.29, 1.82) is 0 Å². The Morgan fingerprint density at radius 1 is 1.39 bits per heavy atom. The molecule has 0 saturated heterocycles. The molecule has 1 heterocycles. The number of rotatable bonds is 3. The van der Waals surface area contributed by atoms with E-state index in [2.05, 4.69) is 4.98 Å². The largest absolute Gasteiger partial charge is 0.496 e. The zero-order chi connectivity index (χ0) is 13.1. The smallest absolute Gasteiger partial charge is 0.328 e. The van der Waals surface area contributed by atoms with Gasteiger partial charge in [0.2, 0.25) is 0 Å². The highest BCUT2D eigenvalue weighted by Gasteiger charge is 2.04. The lowest BCUT2D eigenvalue weighted by molar-refractivity contribution is -0.131. The van der Waals surface area contributed by atoms with Crippen molar-refractivity contribution >= 4 is 22.9 Å². The molecule has 92 valence electrons. The topological polar surface area (TPSA) is 59.4 Å². The number of ether oxygens (including phenoxy) is 1. The number of carbonyl (C=O) groups is 1. The number of aryl methyl sites for hydroxylation is 1. The van der Waals surface area contributed by atoms with E-state index in [0.29, 0.717) is 0 Å². The van der Waals surface area contributed by atoms with Crippen molar-refractivity contribution in [3.05, 3.63) is 41.6 Å². The third-order valence-electron chi connectivity index (χ3n) is 2.56. The molecule has 0 aliphatic heterocycles. The van der Waals surface area contributed by atoms with Gasteiger partial charge in [0, 0.05) is 23.2 Å². The molecule has 4 nitrogen and oxygen atoms in total. The molecule has 0 aliphatic carbocycles. The fourth-order valence-corrected chi connectivity index (χ4v) is 1.78. The molecular formula is C14H13NO3. The normalized spacial score (nSPS) is 11.0. The third kappa shape index (κ3) is 2.48. The standard InChI is InChI=1S/C14H13NO3/c1-9-7-13(18-2)11-5-3-10(4-6-14(16)17)8-12(11)15-9/h3-8H,1-2H3,(H,16,17)/b6-4+. The van der Waals surface area contributed by atoms with Crippen molar-refractivity contribution in [2.24, 2.45) is 0 Å². The molecule has 0 unspecified atom stereocenters. The minimum atomic E-state index is -0.968. The van der Waals surface area contributed by atoms with E-state index in [9.17, 15) is 4.79 Å². The Balaban J connectivity index is 2.54. The molecule has 0 saturated carbocycles. The monoisotopic (exact) mass is 243 g/mol. The molecule has 1 N–H and O–H groups in total. The maximum atomic E-state index is 10.5. The second-order valence-electron chi connectivity index (χ2n) is 3.91. The number of aromatic nitrogens is 1. The molecule has 0 atom stereocenters. The van der Waals surface area contributed by atoms with Crippen LogP contribution in [0.25, 0.3) is 17.0 Å². The van der Waals surface area contributed by atoms with Crippen molar-refractivity contribution < 1.29 is 14.6 Å². The van der Waals surface area contributed by atoms with Crippen LogP contribution in [-0.4, -0.2) is 23.2 Å². The van der Waals surface area contributed by atoms with Crippen LogP contribution in [0.3, 0.4) is 0 Å². The lowest BCUT2D eigenvalue weighted by atomic mass is 10.1. The summed E-state index contributed by atoms with van der Waals surface area (Å²) >= 11 is 0.